The third kappa shape index (κ3) is 2.76. The number of nitrogens with zero attached hydrogens (tertiary/aromatic N) is 1. The van der Waals surface area contributed by atoms with Crippen LogP contribution in [0.1, 0.15) is 24.5 Å². The van der Waals surface area contributed by atoms with Gasteiger partial charge >= 0.3 is 0 Å². The molecule has 3 rings (SSSR count). The molecule has 0 bridgehead atoms. The molecule has 0 amide bonds. The molecule has 0 saturated carbocycles. The first-order chi connectivity index (χ1) is 9.33. The summed E-state index contributed by atoms with van der Waals surface area (Å²) in [7, 11) is 0. The molecule has 1 fully saturated rings. The summed E-state index contributed by atoms with van der Waals surface area (Å²) < 4.78 is 0. The Morgan fingerprint density at radius 3 is 2.47 bits per heavy atom. The van der Waals surface area contributed by atoms with E-state index in [0.29, 0.717) is 11.7 Å². The predicted octanol–water partition coefficient (Wildman–Crippen LogP) is 2.92. The first-order valence-corrected chi connectivity index (χ1v) is 6.79. The van der Waals surface area contributed by atoms with E-state index in [1.807, 2.05) is 18.3 Å². The number of piperidine rings is 1. The number of nitrogens with one attached hydrogen (secondary N) is 1. The lowest BCUT2D eigenvalue weighted by Gasteiger charge is -2.22. The number of aromatic nitrogens is 1. The monoisotopic (exact) mass is 254 g/mol. The molecule has 3 heteroatoms. The second kappa shape index (κ2) is 5.41. The molecule has 1 aromatic heterocycles. The lowest BCUT2D eigenvalue weighted by atomic mass is 9.95. The topological polar surface area (TPSA) is 45.1 Å². The van der Waals surface area contributed by atoms with Crippen LogP contribution in [0.4, 0.5) is 0 Å². The van der Waals surface area contributed by atoms with Gasteiger partial charge in [-0.2, -0.15) is 0 Å². The van der Waals surface area contributed by atoms with Gasteiger partial charge in [0.2, 0.25) is 0 Å². The summed E-state index contributed by atoms with van der Waals surface area (Å²) in [5.41, 5.74) is 3.35. The number of hydrogen-bond acceptors (Lipinski definition) is 3. The van der Waals surface area contributed by atoms with E-state index in [4.69, 9.17) is 0 Å². The van der Waals surface area contributed by atoms with Crippen LogP contribution in [0.2, 0.25) is 0 Å². The molecule has 1 aliphatic heterocycles. The molecule has 0 aliphatic carbocycles. The van der Waals surface area contributed by atoms with Crippen molar-refractivity contribution in [1.29, 1.82) is 0 Å². The lowest BCUT2D eigenvalue weighted by molar-refractivity contribution is 0.455. The second-order valence-corrected chi connectivity index (χ2v) is 5.06. The Kier molecular flexibility index (Phi) is 3.47. The summed E-state index contributed by atoms with van der Waals surface area (Å²) in [6, 6.07) is 11.5. The molecule has 3 nitrogen and oxygen atoms in total. The Bertz CT molecular complexity index is 528. The maximum Gasteiger partial charge on any atom is 0.115 e. The zero-order valence-electron chi connectivity index (χ0n) is 10.8. The number of phenols is 1. The van der Waals surface area contributed by atoms with Crippen LogP contribution in [0.5, 0.6) is 5.75 Å². The standard InChI is InChI=1S/C16H18N2O/c19-15-6-3-12(4-7-15)13-5-8-16(18-11-13)14-2-1-9-17-10-14/h3-8,11,14,17,19H,1-2,9-10H2. The van der Waals surface area contributed by atoms with Crippen molar-refractivity contribution in [3.8, 4) is 16.9 Å². The molecule has 2 aromatic rings. The molecule has 98 valence electrons. The normalized spacial score (nSPS) is 19.3. The molecule has 1 aromatic carbocycles. The Labute approximate surface area is 113 Å². The largest absolute Gasteiger partial charge is 0.508 e. The molecule has 2 N–H and O–H groups in total. The van der Waals surface area contributed by atoms with Crippen LogP contribution in [0.15, 0.2) is 42.6 Å². The first-order valence-electron chi connectivity index (χ1n) is 6.79. The average molecular weight is 254 g/mol. The maximum absolute atomic E-state index is 9.30. The summed E-state index contributed by atoms with van der Waals surface area (Å²) in [5.74, 6) is 0.837. The molecule has 1 aliphatic rings. The van der Waals surface area contributed by atoms with Crippen molar-refractivity contribution in [3.05, 3.63) is 48.3 Å². The number of hydrogen-bond donors (Lipinski definition) is 2. The van der Waals surface area contributed by atoms with Crippen molar-refractivity contribution in [2.75, 3.05) is 13.1 Å². The van der Waals surface area contributed by atoms with Gasteiger partial charge in [0.05, 0.1) is 0 Å². The van der Waals surface area contributed by atoms with E-state index in [9.17, 15) is 5.11 Å². The number of rotatable bonds is 2. The zero-order chi connectivity index (χ0) is 13.1. The molecule has 1 unspecified atom stereocenters. The van der Waals surface area contributed by atoms with Crippen molar-refractivity contribution in [3.63, 3.8) is 0 Å². The molecule has 1 saturated heterocycles. The molecular weight excluding hydrogens is 236 g/mol. The van der Waals surface area contributed by atoms with Gasteiger partial charge in [-0.1, -0.05) is 18.2 Å². The first kappa shape index (κ1) is 12.2. The van der Waals surface area contributed by atoms with Crippen molar-refractivity contribution >= 4 is 0 Å². The predicted molar refractivity (Wildman–Crippen MR) is 76.2 cm³/mol. The molecular formula is C16H18N2O. The summed E-state index contributed by atoms with van der Waals surface area (Å²) in [6.45, 7) is 2.16. The quantitative estimate of drug-likeness (QED) is 0.866. The van der Waals surface area contributed by atoms with E-state index in [0.717, 1.165) is 24.2 Å². The lowest BCUT2D eigenvalue weighted by Crippen LogP contribution is -2.28. The SMILES string of the molecule is Oc1ccc(-c2ccc(C3CCCNC3)nc2)cc1. The minimum Gasteiger partial charge on any atom is -0.508 e. The number of aromatic hydroxyl groups is 1. The van der Waals surface area contributed by atoms with Gasteiger partial charge in [-0.3, -0.25) is 4.98 Å². The van der Waals surface area contributed by atoms with Gasteiger partial charge in [0.15, 0.2) is 0 Å². The van der Waals surface area contributed by atoms with Crippen LogP contribution < -0.4 is 5.32 Å². The van der Waals surface area contributed by atoms with E-state index in [1.54, 1.807) is 12.1 Å². The zero-order valence-corrected chi connectivity index (χ0v) is 10.8. The van der Waals surface area contributed by atoms with Crippen molar-refractivity contribution in [2.24, 2.45) is 0 Å². The van der Waals surface area contributed by atoms with Crippen LogP contribution in [0.3, 0.4) is 0 Å². The Balaban J connectivity index is 1.80. The number of benzene rings is 1. The highest BCUT2D eigenvalue weighted by molar-refractivity contribution is 5.63. The average Bonchev–Trinajstić information content (AvgIpc) is 2.49. The van der Waals surface area contributed by atoms with E-state index < -0.39 is 0 Å². The Morgan fingerprint density at radius 2 is 1.84 bits per heavy atom. The van der Waals surface area contributed by atoms with Crippen molar-refractivity contribution < 1.29 is 5.11 Å². The van der Waals surface area contributed by atoms with Crippen LogP contribution in [-0.4, -0.2) is 23.2 Å². The van der Waals surface area contributed by atoms with Gasteiger partial charge in [0.1, 0.15) is 5.75 Å². The highest BCUT2D eigenvalue weighted by atomic mass is 16.3. The van der Waals surface area contributed by atoms with Gasteiger partial charge in [0.25, 0.3) is 0 Å². The molecule has 0 spiro atoms. The van der Waals surface area contributed by atoms with Crippen LogP contribution in [0.25, 0.3) is 11.1 Å². The van der Waals surface area contributed by atoms with E-state index in [1.165, 1.54) is 18.5 Å². The van der Waals surface area contributed by atoms with E-state index in [2.05, 4.69) is 22.4 Å². The third-order valence-corrected chi connectivity index (χ3v) is 3.70. The van der Waals surface area contributed by atoms with Gasteiger partial charge in [-0.25, -0.2) is 0 Å². The maximum atomic E-state index is 9.30. The highest BCUT2D eigenvalue weighted by Crippen LogP contribution is 2.25. The van der Waals surface area contributed by atoms with Gasteiger partial charge < -0.3 is 10.4 Å². The van der Waals surface area contributed by atoms with Gasteiger partial charge in [0, 0.05) is 29.9 Å². The second-order valence-electron chi connectivity index (χ2n) is 5.06. The Hall–Kier alpha value is -1.87. The van der Waals surface area contributed by atoms with E-state index >= 15 is 0 Å². The van der Waals surface area contributed by atoms with Gasteiger partial charge in [-0.05, 0) is 43.1 Å². The van der Waals surface area contributed by atoms with Gasteiger partial charge in [-0.15, -0.1) is 0 Å². The third-order valence-electron chi connectivity index (χ3n) is 3.70. The Morgan fingerprint density at radius 1 is 1.05 bits per heavy atom. The molecule has 1 atom stereocenters. The smallest absolute Gasteiger partial charge is 0.115 e. The van der Waals surface area contributed by atoms with E-state index in [-0.39, 0.29) is 0 Å². The van der Waals surface area contributed by atoms with Crippen LogP contribution in [-0.2, 0) is 0 Å². The van der Waals surface area contributed by atoms with Crippen LogP contribution in [0, 0.1) is 0 Å². The van der Waals surface area contributed by atoms with Crippen molar-refractivity contribution in [2.45, 2.75) is 18.8 Å². The number of pyridine rings is 1. The highest BCUT2D eigenvalue weighted by Gasteiger charge is 2.16. The molecule has 19 heavy (non-hydrogen) atoms. The minimum atomic E-state index is 0.293. The fraction of sp³-hybridized carbons (Fsp3) is 0.312. The fourth-order valence-electron chi connectivity index (χ4n) is 2.58. The van der Waals surface area contributed by atoms with Crippen LogP contribution >= 0.6 is 0 Å². The van der Waals surface area contributed by atoms with Crippen molar-refractivity contribution in [1.82, 2.24) is 10.3 Å². The summed E-state index contributed by atoms with van der Waals surface area (Å²) >= 11 is 0. The number of phenolic OH excluding ortho intramolecular Hbond substituents is 1. The summed E-state index contributed by atoms with van der Waals surface area (Å²) in [6.07, 6.45) is 4.38. The minimum absolute atomic E-state index is 0.293. The molecule has 2 heterocycles. The summed E-state index contributed by atoms with van der Waals surface area (Å²) in [4.78, 5) is 4.60. The molecule has 0 radical (unpaired) electrons. The fourth-order valence-corrected chi connectivity index (χ4v) is 2.58. The summed E-state index contributed by atoms with van der Waals surface area (Å²) in [5, 5.41) is 12.7.